The van der Waals surface area contributed by atoms with Gasteiger partial charge in [0.15, 0.2) is 0 Å². The fraction of sp³-hybridized carbons (Fsp3) is 0.878. The highest BCUT2D eigenvalue weighted by Gasteiger charge is 2.50. The molecule has 550 valence electrons. The first-order valence-electron chi connectivity index (χ1n) is 36.9. The summed E-state index contributed by atoms with van der Waals surface area (Å²) in [4.78, 5) is 76.3. The van der Waals surface area contributed by atoms with Crippen molar-refractivity contribution < 1.29 is 0 Å². The number of nitrogens with one attached hydrogen (secondary N) is 2. The van der Waals surface area contributed by atoms with Crippen molar-refractivity contribution in [1.29, 1.82) is 0 Å². The van der Waals surface area contributed by atoms with Gasteiger partial charge in [0.1, 0.15) is 5.82 Å². The lowest BCUT2D eigenvalue weighted by atomic mass is 9.77. The van der Waals surface area contributed by atoms with Crippen LogP contribution in [0.5, 0.6) is 0 Å². The predicted octanol–water partition coefficient (Wildman–Crippen LogP) is 10.7. The van der Waals surface area contributed by atoms with E-state index < -0.39 is 0 Å². The van der Waals surface area contributed by atoms with E-state index in [1.807, 2.05) is 6.92 Å². The van der Waals surface area contributed by atoms with Gasteiger partial charge in [0.25, 0.3) is 0 Å². The standard InChI is InChI=1S/C74H139N23/c1-51-77-59(87(23)52-41-65(2,3)92(28)66(4,5)42-52)85-64(78-51)97(38-34-36-76-58-81-62(90(26)55-47-71(14,15)95(31)72(16,17)48-55)84-63(82-58)91(27)56-49-73(18,19)96(32)74(20,21)50-56)40-39-86(22)37-33-35-75-57-79-60(88(24)53-43-67(6,7)93(29)68(8,9)44-53)83-61(80-57)89(25)54-45-69(10,11)94(30)70(12,13)46-54/h52-56H,33-50H2,1-32H3,(H,75,79,80,83)(H,76,81,82,84). The van der Waals surface area contributed by atoms with Crippen molar-refractivity contribution in [2.75, 3.05) is 157 Å². The Morgan fingerprint density at radius 1 is 0.299 bits per heavy atom. The normalized spacial score (nSPS) is 23.9. The summed E-state index contributed by atoms with van der Waals surface area (Å²) in [5.74, 6) is 6.20. The molecule has 0 amide bonds. The summed E-state index contributed by atoms with van der Waals surface area (Å²) in [5, 5.41) is 7.46. The minimum absolute atomic E-state index is 0.00282. The molecule has 0 aliphatic carbocycles. The summed E-state index contributed by atoms with van der Waals surface area (Å²) < 4.78 is 0. The molecule has 8 rings (SSSR count). The highest BCUT2D eigenvalue weighted by atomic mass is 15.4. The Bertz CT molecular complexity index is 2910. The van der Waals surface area contributed by atoms with Gasteiger partial charge in [0.2, 0.25) is 47.6 Å². The fourth-order valence-electron chi connectivity index (χ4n) is 17.8. The van der Waals surface area contributed by atoms with Gasteiger partial charge < -0.3 is 44.9 Å². The number of rotatable bonds is 24. The molecule has 0 saturated carbocycles. The first-order valence-corrected chi connectivity index (χ1v) is 36.9. The summed E-state index contributed by atoms with van der Waals surface area (Å²) in [7, 11) is 24.5. The molecule has 23 nitrogen and oxygen atoms in total. The Labute approximate surface area is 589 Å². The van der Waals surface area contributed by atoms with Crippen LogP contribution in [0.15, 0.2) is 0 Å². The lowest BCUT2D eigenvalue weighted by Gasteiger charge is -2.55. The highest BCUT2D eigenvalue weighted by Crippen LogP contribution is 2.45. The van der Waals surface area contributed by atoms with Crippen LogP contribution >= 0.6 is 0 Å². The maximum Gasteiger partial charge on any atom is 0.231 e. The van der Waals surface area contributed by atoms with E-state index in [9.17, 15) is 0 Å². The largest absolute Gasteiger partial charge is 0.354 e. The van der Waals surface area contributed by atoms with Gasteiger partial charge in [-0.15, -0.1) is 0 Å². The zero-order chi connectivity index (χ0) is 72.5. The van der Waals surface area contributed by atoms with E-state index in [2.05, 4.69) is 285 Å². The number of anilines is 8. The van der Waals surface area contributed by atoms with Crippen LogP contribution in [-0.4, -0.2) is 277 Å². The van der Waals surface area contributed by atoms with Crippen LogP contribution in [0, 0.1) is 6.92 Å². The number of nitrogens with zero attached hydrogens (tertiary/aromatic N) is 21. The Hall–Kier alpha value is -4.81. The van der Waals surface area contributed by atoms with E-state index in [-0.39, 0.29) is 85.6 Å². The van der Waals surface area contributed by atoms with Crippen LogP contribution in [0.1, 0.15) is 221 Å². The molecule has 3 aromatic rings. The molecule has 0 radical (unpaired) electrons. The molecule has 0 spiro atoms. The van der Waals surface area contributed by atoms with Gasteiger partial charge in [-0.2, -0.15) is 44.9 Å². The van der Waals surface area contributed by atoms with Crippen molar-refractivity contribution in [2.24, 2.45) is 0 Å². The van der Waals surface area contributed by atoms with Crippen molar-refractivity contribution in [3.05, 3.63) is 5.82 Å². The van der Waals surface area contributed by atoms with Gasteiger partial charge in [-0.3, -0.25) is 24.5 Å². The molecule has 8 heterocycles. The molecular weight excluding hydrogens is 1210 g/mol. The Balaban J connectivity index is 1.02. The van der Waals surface area contributed by atoms with Crippen LogP contribution in [0.25, 0.3) is 0 Å². The Kier molecular flexibility index (Phi) is 22.7. The molecule has 23 heteroatoms. The second-order valence-corrected chi connectivity index (χ2v) is 37.1. The van der Waals surface area contributed by atoms with Crippen LogP contribution in [-0.2, 0) is 0 Å². The average Bonchev–Trinajstić information content (AvgIpc) is 0.782. The van der Waals surface area contributed by atoms with Crippen LogP contribution in [0.3, 0.4) is 0 Å². The SMILES string of the molecule is Cc1nc(N(CCCNc2nc(N(C)C3CC(C)(C)N(C)C(C)(C)C3)nc(N(C)C3CC(C)(C)N(C)C(C)(C)C3)n2)CCN(C)CCCNc2nc(N(C)C3CC(C)(C)N(C)C(C)(C)C3)nc(N(C)C3CC(C)(C)N(C)C(C)(C)C3)n2)nc(N(C)C2CC(C)(C)N(C)C(C)(C)C2)n1. The second-order valence-electron chi connectivity index (χ2n) is 37.1. The van der Waals surface area contributed by atoms with Gasteiger partial charge in [0.05, 0.1) is 0 Å². The molecule has 5 aliphatic rings. The van der Waals surface area contributed by atoms with Gasteiger partial charge in [-0.1, -0.05) is 0 Å². The molecule has 5 saturated heterocycles. The van der Waals surface area contributed by atoms with E-state index >= 15 is 0 Å². The lowest BCUT2D eigenvalue weighted by molar-refractivity contribution is -0.0127. The van der Waals surface area contributed by atoms with Crippen molar-refractivity contribution in [3.8, 4) is 0 Å². The third-order valence-corrected chi connectivity index (χ3v) is 25.6. The van der Waals surface area contributed by atoms with E-state index in [1.165, 1.54) is 0 Å². The molecule has 3 aromatic heterocycles. The number of aryl methyl sites for hydroxylation is 1. The summed E-state index contributed by atoms with van der Waals surface area (Å²) in [6, 6.07) is 1.26. The van der Waals surface area contributed by atoms with Crippen LogP contribution in [0.2, 0.25) is 0 Å². The zero-order valence-electron chi connectivity index (χ0n) is 67.5. The first-order chi connectivity index (χ1) is 44.4. The average molecular weight is 1350 g/mol. The van der Waals surface area contributed by atoms with E-state index in [1.54, 1.807) is 0 Å². The first kappa shape index (κ1) is 77.9. The number of hydrogen-bond donors (Lipinski definition) is 2. The van der Waals surface area contributed by atoms with Crippen molar-refractivity contribution >= 4 is 47.6 Å². The quantitative estimate of drug-likeness (QED) is 0.0808. The predicted molar refractivity (Wildman–Crippen MR) is 407 cm³/mol. The summed E-state index contributed by atoms with van der Waals surface area (Å²) in [6.45, 7) is 53.7. The molecule has 0 atom stereocenters. The third-order valence-electron chi connectivity index (χ3n) is 25.6. The number of likely N-dealkylation sites (tertiary alicyclic amines) is 5. The smallest absolute Gasteiger partial charge is 0.231 e. The number of hydrogen-bond acceptors (Lipinski definition) is 23. The van der Waals surface area contributed by atoms with Gasteiger partial charge in [-0.05, 0) is 271 Å². The highest BCUT2D eigenvalue weighted by molar-refractivity contribution is 5.49. The van der Waals surface area contributed by atoms with Gasteiger partial charge in [0, 0.05) is 154 Å². The molecule has 5 fully saturated rings. The molecule has 0 bridgehead atoms. The van der Waals surface area contributed by atoms with Gasteiger partial charge in [-0.25, -0.2) is 0 Å². The molecule has 0 unspecified atom stereocenters. The number of aromatic nitrogens is 9. The number of piperidine rings is 5. The van der Waals surface area contributed by atoms with Gasteiger partial charge >= 0.3 is 0 Å². The van der Waals surface area contributed by atoms with Crippen LogP contribution in [0.4, 0.5) is 47.6 Å². The molecule has 97 heavy (non-hydrogen) atoms. The maximum absolute atomic E-state index is 5.37. The molecule has 0 aromatic carbocycles. The lowest BCUT2D eigenvalue weighted by Crippen LogP contribution is -2.62. The van der Waals surface area contributed by atoms with Crippen molar-refractivity contribution in [2.45, 2.75) is 308 Å². The molecule has 5 aliphatic heterocycles. The summed E-state index contributed by atoms with van der Waals surface area (Å²) in [6.07, 6.45) is 11.7. The zero-order valence-corrected chi connectivity index (χ0v) is 67.5. The molecular formula is C74H139N23. The summed E-state index contributed by atoms with van der Waals surface area (Å²) >= 11 is 0. The Morgan fingerprint density at radius 2 is 0.515 bits per heavy atom. The minimum Gasteiger partial charge on any atom is -0.354 e. The molecule has 2 N–H and O–H groups in total. The van der Waals surface area contributed by atoms with Crippen molar-refractivity contribution in [3.63, 3.8) is 0 Å². The summed E-state index contributed by atoms with van der Waals surface area (Å²) in [5.41, 5.74) is 0.0423. The minimum atomic E-state index is -0.00282. The second kappa shape index (κ2) is 28.2. The number of likely N-dealkylation sites (N-methyl/N-ethyl adjacent to an activating group) is 1. The third kappa shape index (κ3) is 17.4. The van der Waals surface area contributed by atoms with Crippen LogP contribution < -0.4 is 40.0 Å². The topological polar surface area (TPSA) is 179 Å². The maximum atomic E-state index is 5.37. The fourth-order valence-corrected chi connectivity index (χ4v) is 17.8. The van der Waals surface area contributed by atoms with E-state index in [4.69, 9.17) is 44.9 Å². The van der Waals surface area contributed by atoms with Crippen molar-refractivity contribution in [1.82, 2.24) is 74.3 Å². The monoisotopic (exact) mass is 1350 g/mol. The Morgan fingerprint density at radius 3 is 0.773 bits per heavy atom. The van der Waals surface area contributed by atoms with E-state index in [0.29, 0.717) is 55.2 Å². The van der Waals surface area contributed by atoms with E-state index in [0.717, 1.165) is 115 Å².